The molecule has 0 spiro atoms. The highest BCUT2D eigenvalue weighted by Gasteiger charge is 2.43. The first-order valence-corrected chi connectivity index (χ1v) is 10.1. The third kappa shape index (κ3) is 3.89. The van der Waals surface area contributed by atoms with Gasteiger partial charge in [-0.25, -0.2) is 0 Å². The van der Waals surface area contributed by atoms with Crippen LogP contribution in [0.2, 0.25) is 0 Å². The van der Waals surface area contributed by atoms with Crippen molar-refractivity contribution in [3.8, 4) is 0 Å². The molecule has 2 fully saturated rings. The molecule has 4 rings (SSSR count). The van der Waals surface area contributed by atoms with Gasteiger partial charge >= 0.3 is 0 Å². The quantitative estimate of drug-likeness (QED) is 0.765. The molecule has 8 nitrogen and oxygen atoms in total. The van der Waals surface area contributed by atoms with Gasteiger partial charge in [-0.2, -0.15) is 5.10 Å². The molecule has 154 valence electrons. The molecule has 0 aromatic carbocycles. The lowest BCUT2D eigenvalue weighted by Gasteiger charge is -2.40. The van der Waals surface area contributed by atoms with Gasteiger partial charge in [0.25, 0.3) is 0 Å². The maximum atomic E-state index is 13.4. The summed E-state index contributed by atoms with van der Waals surface area (Å²) in [5, 5.41) is 4.33. The predicted molar refractivity (Wildman–Crippen MR) is 108 cm³/mol. The fraction of sp³-hybridized carbons (Fsp3) is 0.524. The zero-order chi connectivity index (χ0) is 20.5. The number of hydrogen-bond acceptors (Lipinski definition) is 5. The van der Waals surface area contributed by atoms with Crippen molar-refractivity contribution < 1.29 is 9.59 Å². The van der Waals surface area contributed by atoms with Gasteiger partial charge in [0.05, 0.1) is 12.1 Å². The van der Waals surface area contributed by atoms with Crippen molar-refractivity contribution in [1.82, 2.24) is 29.5 Å². The molecule has 0 aliphatic carbocycles. The van der Waals surface area contributed by atoms with E-state index in [9.17, 15) is 9.59 Å². The molecule has 0 bridgehead atoms. The summed E-state index contributed by atoms with van der Waals surface area (Å²) >= 11 is 0. The van der Waals surface area contributed by atoms with Crippen LogP contribution < -0.4 is 0 Å². The lowest BCUT2D eigenvalue weighted by molar-refractivity contribution is -0.138. The maximum Gasteiger partial charge on any atom is 0.242 e. The van der Waals surface area contributed by atoms with Crippen molar-refractivity contribution >= 4 is 11.8 Å². The van der Waals surface area contributed by atoms with Crippen molar-refractivity contribution in [1.29, 1.82) is 0 Å². The van der Waals surface area contributed by atoms with Crippen molar-refractivity contribution in [2.75, 3.05) is 26.7 Å². The van der Waals surface area contributed by atoms with Gasteiger partial charge in [0.2, 0.25) is 11.8 Å². The SMILES string of the molecule is Cc1c(CN2CC[C@@H]3[C@H](C2)C(=O)N(Cc2cccnc2)CC(=O)N3C)cnn1C. The van der Waals surface area contributed by atoms with Crippen LogP contribution in [-0.2, 0) is 29.7 Å². The van der Waals surface area contributed by atoms with Crippen LogP contribution in [0.25, 0.3) is 0 Å². The number of pyridine rings is 1. The normalized spacial score (nSPS) is 23.3. The average molecular weight is 396 g/mol. The second kappa shape index (κ2) is 7.94. The highest BCUT2D eigenvalue weighted by Crippen LogP contribution is 2.28. The van der Waals surface area contributed by atoms with Crippen molar-refractivity contribution in [2.24, 2.45) is 13.0 Å². The summed E-state index contributed by atoms with van der Waals surface area (Å²) in [5.41, 5.74) is 3.27. The molecule has 8 heteroatoms. The van der Waals surface area contributed by atoms with E-state index in [1.165, 1.54) is 5.56 Å². The van der Waals surface area contributed by atoms with Gasteiger partial charge in [0.1, 0.15) is 6.54 Å². The van der Waals surface area contributed by atoms with Crippen LogP contribution in [-0.4, -0.2) is 74.0 Å². The number of carbonyl (C=O) groups excluding carboxylic acids is 2. The highest BCUT2D eigenvalue weighted by atomic mass is 16.2. The molecule has 2 aliphatic rings. The number of carbonyl (C=O) groups is 2. The van der Waals surface area contributed by atoms with Crippen molar-refractivity contribution in [3.63, 3.8) is 0 Å². The molecule has 0 N–H and O–H groups in total. The molecule has 2 aliphatic heterocycles. The zero-order valence-corrected chi connectivity index (χ0v) is 17.3. The predicted octanol–water partition coefficient (Wildman–Crippen LogP) is 0.815. The molecule has 2 aromatic heterocycles. The van der Waals surface area contributed by atoms with E-state index in [4.69, 9.17) is 0 Å². The Morgan fingerprint density at radius 2 is 2.00 bits per heavy atom. The van der Waals surface area contributed by atoms with Gasteiger partial charge in [0, 0.05) is 70.0 Å². The van der Waals surface area contributed by atoms with Gasteiger partial charge in [0.15, 0.2) is 0 Å². The number of piperidine rings is 1. The summed E-state index contributed by atoms with van der Waals surface area (Å²) in [7, 11) is 3.78. The molecule has 2 amide bonds. The molecular formula is C21H28N6O2. The summed E-state index contributed by atoms with van der Waals surface area (Å²) in [6.07, 6.45) is 6.17. The number of fused-ring (bicyclic) bond motifs is 1. The van der Waals surface area contributed by atoms with Gasteiger partial charge in [-0.15, -0.1) is 0 Å². The average Bonchev–Trinajstić information content (AvgIpc) is 3.01. The Balaban J connectivity index is 1.53. The van der Waals surface area contributed by atoms with Crippen LogP contribution in [0.15, 0.2) is 30.7 Å². The molecule has 2 saturated heterocycles. The molecular weight excluding hydrogens is 368 g/mol. The van der Waals surface area contributed by atoms with E-state index in [1.54, 1.807) is 22.2 Å². The number of rotatable bonds is 4. The first-order valence-electron chi connectivity index (χ1n) is 10.1. The van der Waals surface area contributed by atoms with Crippen LogP contribution in [0, 0.1) is 12.8 Å². The third-order valence-corrected chi connectivity index (χ3v) is 6.33. The topological polar surface area (TPSA) is 74.6 Å². The Morgan fingerprint density at radius 1 is 1.17 bits per heavy atom. The molecule has 2 atom stereocenters. The van der Waals surface area contributed by atoms with E-state index < -0.39 is 0 Å². The lowest BCUT2D eigenvalue weighted by Crippen LogP contribution is -2.53. The highest BCUT2D eigenvalue weighted by molar-refractivity contribution is 5.89. The number of aryl methyl sites for hydroxylation is 1. The first kappa shape index (κ1) is 19.6. The number of aromatic nitrogens is 3. The van der Waals surface area contributed by atoms with E-state index in [1.807, 2.05) is 37.1 Å². The van der Waals surface area contributed by atoms with Crippen LogP contribution >= 0.6 is 0 Å². The van der Waals surface area contributed by atoms with E-state index in [-0.39, 0.29) is 30.3 Å². The van der Waals surface area contributed by atoms with Gasteiger partial charge in [-0.3, -0.25) is 24.2 Å². The number of nitrogens with zero attached hydrogens (tertiary/aromatic N) is 6. The van der Waals surface area contributed by atoms with Crippen LogP contribution in [0.3, 0.4) is 0 Å². The molecule has 0 unspecified atom stereocenters. The minimum atomic E-state index is -0.214. The Kier molecular flexibility index (Phi) is 5.36. The Hall–Kier alpha value is -2.74. The maximum absolute atomic E-state index is 13.4. The second-order valence-electron chi connectivity index (χ2n) is 8.14. The van der Waals surface area contributed by atoms with Gasteiger partial charge in [-0.05, 0) is 25.0 Å². The lowest BCUT2D eigenvalue weighted by atomic mass is 9.90. The largest absolute Gasteiger partial charge is 0.340 e. The summed E-state index contributed by atoms with van der Waals surface area (Å²) in [6, 6.07) is 3.75. The fourth-order valence-corrected chi connectivity index (χ4v) is 4.42. The molecule has 0 saturated carbocycles. The van der Waals surface area contributed by atoms with E-state index >= 15 is 0 Å². The van der Waals surface area contributed by atoms with E-state index in [0.29, 0.717) is 13.1 Å². The summed E-state index contributed by atoms with van der Waals surface area (Å²) in [6.45, 7) is 4.89. The molecule has 0 radical (unpaired) electrons. The minimum absolute atomic E-state index is 0.00583. The fourth-order valence-electron chi connectivity index (χ4n) is 4.42. The summed E-state index contributed by atoms with van der Waals surface area (Å²) in [4.78, 5) is 36.1. The third-order valence-electron chi connectivity index (χ3n) is 6.33. The van der Waals surface area contributed by atoms with Crippen molar-refractivity contribution in [3.05, 3.63) is 47.5 Å². The van der Waals surface area contributed by atoms with Crippen LogP contribution in [0.5, 0.6) is 0 Å². The second-order valence-corrected chi connectivity index (χ2v) is 8.14. The number of likely N-dealkylation sites (tertiary alicyclic amines) is 1. The smallest absolute Gasteiger partial charge is 0.242 e. The van der Waals surface area contributed by atoms with Crippen LogP contribution in [0.1, 0.15) is 23.2 Å². The molecule has 4 heterocycles. The standard InChI is InChI=1S/C21H28N6O2/c1-15-17(10-23-25(15)3)12-26-8-6-19-18(13-26)21(29)27(14-20(28)24(19)2)11-16-5-4-7-22-9-16/h4-5,7,9-10,18-19H,6,8,11-14H2,1-3H3/t18-,19+/m0/s1. The number of amides is 2. The van der Waals surface area contributed by atoms with Crippen LogP contribution in [0.4, 0.5) is 0 Å². The molecule has 29 heavy (non-hydrogen) atoms. The zero-order valence-electron chi connectivity index (χ0n) is 17.3. The van der Waals surface area contributed by atoms with Crippen molar-refractivity contribution in [2.45, 2.75) is 32.5 Å². The Bertz CT molecular complexity index is 896. The summed E-state index contributed by atoms with van der Waals surface area (Å²) in [5.74, 6) is -0.149. The Labute approximate surface area is 171 Å². The van der Waals surface area contributed by atoms with E-state index in [0.717, 1.165) is 30.8 Å². The summed E-state index contributed by atoms with van der Waals surface area (Å²) < 4.78 is 1.88. The minimum Gasteiger partial charge on any atom is -0.340 e. The first-order chi connectivity index (χ1) is 13.9. The monoisotopic (exact) mass is 396 g/mol. The molecule has 2 aromatic rings. The number of likely N-dealkylation sites (N-methyl/N-ethyl adjacent to an activating group) is 1. The van der Waals surface area contributed by atoms with E-state index in [2.05, 4.69) is 21.9 Å². The number of hydrogen-bond donors (Lipinski definition) is 0. The van der Waals surface area contributed by atoms with Gasteiger partial charge in [-0.1, -0.05) is 6.07 Å². The Morgan fingerprint density at radius 3 is 2.69 bits per heavy atom. The van der Waals surface area contributed by atoms with Gasteiger partial charge < -0.3 is 9.80 Å².